The van der Waals surface area contributed by atoms with E-state index in [9.17, 15) is 5.11 Å². The summed E-state index contributed by atoms with van der Waals surface area (Å²) in [6.45, 7) is 3.91. The van der Waals surface area contributed by atoms with Gasteiger partial charge in [-0.25, -0.2) is 4.98 Å². The van der Waals surface area contributed by atoms with E-state index in [-0.39, 0.29) is 0 Å². The maximum Gasteiger partial charge on any atom is 0.115 e. The predicted octanol–water partition coefficient (Wildman–Crippen LogP) is 3.39. The molecule has 0 bridgehead atoms. The Morgan fingerprint density at radius 3 is 2.74 bits per heavy atom. The molecule has 0 aliphatic carbocycles. The van der Waals surface area contributed by atoms with E-state index in [1.807, 2.05) is 44.2 Å². The summed E-state index contributed by atoms with van der Waals surface area (Å²) in [6.07, 6.45) is 1.12. The van der Waals surface area contributed by atoms with E-state index in [1.165, 1.54) is 11.3 Å². The van der Waals surface area contributed by atoms with Crippen LogP contribution in [0.2, 0.25) is 0 Å². The molecule has 0 spiro atoms. The number of hydrogen-bond acceptors (Lipinski definition) is 4. The molecule has 3 rings (SSSR count). The molecule has 0 aliphatic rings. The molecule has 0 amide bonds. The first kappa shape index (κ1) is 12.3. The minimum absolute atomic E-state index is 0.614. The molecule has 0 aliphatic heterocycles. The SMILES string of the molecule is Cc1ccc2cc(C(O)c3cnc(C)s3)ccc2n1. The number of hydrogen-bond donors (Lipinski definition) is 1. The third-order valence-corrected chi connectivity index (χ3v) is 4.04. The smallest absolute Gasteiger partial charge is 0.115 e. The van der Waals surface area contributed by atoms with E-state index in [2.05, 4.69) is 9.97 Å². The fourth-order valence-corrected chi connectivity index (χ4v) is 2.88. The maximum absolute atomic E-state index is 10.4. The monoisotopic (exact) mass is 270 g/mol. The molecule has 1 unspecified atom stereocenters. The lowest BCUT2D eigenvalue weighted by atomic mass is 10.1. The standard InChI is InChI=1S/C15H14N2OS/c1-9-3-4-11-7-12(5-6-13(11)17-9)15(18)14-8-16-10(2)19-14/h3-8,15,18H,1-2H3. The Kier molecular flexibility index (Phi) is 3.05. The lowest BCUT2D eigenvalue weighted by Crippen LogP contribution is -1.97. The average Bonchev–Trinajstić information content (AvgIpc) is 2.84. The molecule has 2 aromatic heterocycles. The first-order valence-electron chi connectivity index (χ1n) is 6.11. The average molecular weight is 270 g/mol. The van der Waals surface area contributed by atoms with E-state index >= 15 is 0 Å². The second-order valence-electron chi connectivity index (χ2n) is 4.59. The Bertz CT molecular complexity index is 736. The molecule has 0 saturated carbocycles. The summed E-state index contributed by atoms with van der Waals surface area (Å²) < 4.78 is 0. The minimum Gasteiger partial charge on any atom is -0.383 e. The van der Waals surface area contributed by atoms with Crippen molar-refractivity contribution in [3.8, 4) is 0 Å². The number of thiazole rings is 1. The Morgan fingerprint density at radius 1 is 1.16 bits per heavy atom. The van der Waals surface area contributed by atoms with Crippen LogP contribution in [0.25, 0.3) is 10.9 Å². The number of aromatic nitrogens is 2. The van der Waals surface area contributed by atoms with Crippen LogP contribution < -0.4 is 0 Å². The van der Waals surface area contributed by atoms with E-state index in [0.29, 0.717) is 0 Å². The van der Waals surface area contributed by atoms with Crippen LogP contribution in [0, 0.1) is 13.8 Å². The van der Waals surface area contributed by atoms with Crippen molar-refractivity contribution in [3.05, 3.63) is 57.7 Å². The third-order valence-electron chi connectivity index (χ3n) is 3.08. The van der Waals surface area contributed by atoms with Gasteiger partial charge in [-0.3, -0.25) is 4.98 Å². The zero-order valence-electron chi connectivity index (χ0n) is 10.8. The van der Waals surface area contributed by atoms with Gasteiger partial charge in [-0.2, -0.15) is 0 Å². The first-order chi connectivity index (χ1) is 9.13. The molecule has 96 valence electrons. The highest BCUT2D eigenvalue weighted by atomic mass is 32.1. The molecule has 0 saturated heterocycles. The predicted molar refractivity (Wildman–Crippen MR) is 77.4 cm³/mol. The van der Waals surface area contributed by atoms with Crippen LogP contribution in [0.4, 0.5) is 0 Å². The van der Waals surface area contributed by atoms with Gasteiger partial charge in [-0.1, -0.05) is 12.1 Å². The molecular formula is C15H14N2OS. The topological polar surface area (TPSA) is 46.0 Å². The zero-order valence-corrected chi connectivity index (χ0v) is 11.6. The number of pyridine rings is 1. The first-order valence-corrected chi connectivity index (χ1v) is 6.93. The van der Waals surface area contributed by atoms with E-state index in [0.717, 1.165) is 32.0 Å². The van der Waals surface area contributed by atoms with Gasteiger partial charge in [0.1, 0.15) is 6.10 Å². The summed E-state index contributed by atoms with van der Waals surface area (Å²) in [5, 5.41) is 12.4. The minimum atomic E-state index is -0.614. The van der Waals surface area contributed by atoms with Crippen LogP contribution in [0.5, 0.6) is 0 Å². The van der Waals surface area contributed by atoms with Crippen molar-refractivity contribution in [2.45, 2.75) is 20.0 Å². The molecule has 1 aromatic carbocycles. The Balaban J connectivity index is 2.03. The van der Waals surface area contributed by atoms with Gasteiger partial charge in [0.15, 0.2) is 0 Å². The summed E-state index contributed by atoms with van der Waals surface area (Å²) in [7, 11) is 0. The normalized spacial score (nSPS) is 12.8. The number of benzene rings is 1. The van der Waals surface area contributed by atoms with Gasteiger partial charge in [0.2, 0.25) is 0 Å². The number of aliphatic hydroxyl groups excluding tert-OH is 1. The van der Waals surface area contributed by atoms with Gasteiger partial charge in [0.05, 0.1) is 15.4 Å². The molecule has 2 heterocycles. The maximum atomic E-state index is 10.4. The second kappa shape index (κ2) is 4.72. The Labute approximate surface area is 115 Å². The summed E-state index contributed by atoms with van der Waals surface area (Å²) >= 11 is 1.52. The fraction of sp³-hybridized carbons (Fsp3) is 0.200. The van der Waals surface area contributed by atoms with Crippen LogP contribution >= 0.6 is 11.3 Å². The molecule has 1 N–H and O–H groups in total. The fourth-order valence-electron chi connectivity index (χ4n) is 2.08. The molecular weight excluding hydrogens is 256 g/mol. The lowest BCUT2D eigenvalue weighted by Gasteiger charge is -2.09. The van der Waals surface area contributed by atoms with Gasteiger partial charge in [-0.15, -0.1) is 11.3 Å². The third kappa shape index (κ3) is 2.37. The summed E-state index contributed by atoms with van der Waals surface area (Å²) in [4.78, 5) is 9.52. The van der Waals surface area contributed by atoms with Crippen molar-refractivity contribution < 1.29 is 5.11 Å². The van der Waals surface area contributed by atoms with Crippen molar-refractivity contribution in [2.24, 2.45) is 0 Å². The van der Waals surface area contributed by atoms with Crippen molar-refractivity contribution in [1.82, 2.24) is 9.97 Å². The van der Waals surface area contributed by atoms with Gasteiger partial charge in [-0.05, 0) is 37.6 Å². The number of fused-ring (bicyclic) bond motifs is 1. The number of aliphatic hydroxyl groups is 1. The number of rotatable bonds is 2. The summed E-state index contributed by atoms with van der Waals surface area (Å²) in [6, 6.07) is 9.88. The highest BCUT2D eigenvalue weighted by Gasteiger charge is 2.13. The van der Waals surface area contributed by atoms with E-state index < -0.39 is 6.10 Å². The van der Waals surface area contributed by atoms with Crippen LogP contribution in [0.15, 0.2) is 36.5 Å². The number of aryl methyl sites for hydroxylation is 2. The van der Waals surface area contributed by atoms with E-state index in [4.69, 9.17) is 0 Å². The van der Waals surface area contributed by atoms with Gasteiger partial charge < -0.3 is 5.11 Å². The van der Waals surface area contributed by atoms with Crippen LogP contribution in [0.1, 0.15) is 27.2 Å². The molecule has 0 radical (unpaired) electrons. The van der Waals surface area contributed by atoms with Gasteiger partial charge >= 0.3 is 0 Å². The highest BCUT2D eigenvalue weighted by molar-refractivity contribution is 7.11. The van der Waals surface area contributed by atoms with Crippen molar-refractivity contribution >= 4 is 22.2 Å². The zero-order chi connectivity index (χ0) is 13.4. The van der Waals surface area contributed by atoms with Crippen LogP contribution in [-0.4, -0.2) is 15.1 Å². The Hall–Kier alpha value is -1.78. The van der Waals surface area contributed by atoms with Crippen LogP contribution in [0.3, 0.4) is 0 Å². The molecule has 1 atom stereocenters. The molecule has 3 aromatic rings. The van der Waals surface area contributed by atoms with Gasteiger partial charge in [0, 0.05) is 17.3 Å². The molecule has 4 heteroatoms. The lowest BCUT2D eigenvalue weighted by molar-refractivity contribution is 0.224. The molecule has 3 nitrogen and oxygen atoms in total. The van der Waals surface area contributed by atoms with Crippen LogP contribution in [-0.2, 0) is 0 Å². The van der Waals surface area contributed by atoms with Crippen molar-refractivity contribution in [1.29, 1.82) is 0 Å². The largest absolute Gasteiger partial charge is 0.383 e. The molecule has 19 heavy (non-hydrogen) atoms. The summed E-state index contributed by atoms with van der Waals surface area (Å²) in [5.41, 5.74) is 2.83. The highest BCUT2D eigenvalue weighted by Crippen LogP contribution is 2.28. The summed E-state index contributed by atoms with van der Waals surface area (Å²) in [5.74, 6) is 0. The van der Waals surface area contributed by atoms with E-state index in [1.54, 1.807) is 6.20 Å². The molecule has 0 fully saturated rings. The van der Waals surface area contributed by atoms with Crippen molar-refractivity contribution in [3.63, 3.8) is 0 Å². The number of nitrogens with zero attached hydrogens (tertiary/aromatic N) is 2. The quantitative estimate of drug-likeness (QED) is 0.776. The Morgan fingerprint density at radius 2 is 2.00 bits per heavy atom. The van der Waals surface area contributed by atoms with Gasteiger partial charge in [0.25, 0.3) is 0 Å². The second-order valence-corrected chi connectivity index (χ2v) is 5.86. The van der Waals surface area contributed by atoms with Crippen molar-refractivity contribution in [2.75, 3.05) is 0 Å².